The Morgan fingerprint density at radius 2 is 2.10 bits per heavy atom. The molecule has 1 aromatic heterocycles. The van der Waals surface area contributed by atoms with Gasteiger partial charge in [-0.3, -0.25) is 5.32 Å². The Kier molecular flexibility index (Phi) is 4.41. The average molecular weight is 322 g/mol. The molecule has 4 nitrogen and oxygen atoms in total. The Labute approximate surface area is 132 Å². The second-order valence-corrected chi connectivity index (χ2v) is 6.49. The number of rotatable bonds is 3. The molecule has 0 saturated carbocycles. The molecule has 2 amide bonds. The van der Waals surface area contributed by atoms with Crippen molar-refractivity contribution < 1.29 is 4.79 Å². The second kappa shape index (κ2) is 6.45. The van der Waals surface area contributed by atoms with Crippen LogP contribution in [0.15, 0.2) is 24.3 Å². The average Bonchev–Trinajstić information content (AvgIpc) is 2.88. The lowest BCUT2D eigenvalue weighted by Gasteiger charge is -2.06. The van der Waals surface area contributed by atoms with E-state index in [9.17, 15) is 4.79 Å². The molecule has 1 aliphatic carbocycles. The molecule has 0 aliphatic heterocycles. The summed E-state index contributed by atoms with van der Waals surface area (Å²) >= 11 is 7.63. The number of benzene rings is 1. The summed E-state index contributed by atoms with van der Waals surface area (Å²) in [5.74, 6) is 0. The maximum atomic E-state index is 11.9. The number of fused-ring (bicyclic) bond motifs is 1. The summed E-state index contributed by atoms with van der Waals surface area (Å²) in [7, 11) is 0. The van der Waals surface area contributed by atoms with Gasteiger partial charge in [0, 0.05) is 16.4 Å². The van der Waals surface area contributed by atoms with Gasteiger partial charge in [-0.25, -0.2) is 9.78 Å². The largest absolute Gasteiger partial charge is 0.334 e. The first kappa shape index (κ1) is 14.4. The maximum absolute atomic E-state index is 11.9. The Bertz CT molecular complexity index is 633. The number of aromatic nitrogens is 1. The molecule has 21 heavy (non-hydrogen) atoms. The van der Waals surface area contributed by atoms with Crippen LogP contribution in [0.1, 0.15) is 29.0 Å². The quantitative estimate of drug-likeness (QED) is 0.897. The first-order valence-electron chi connectivity index (χ1n) is 6.99. The molecule has 0 radical (unpaired) electrons. The molecule has 1 heterocycles. The Hall–Kier alpha value is -1.59. The lowest BCUT2D eigenvalue weighted by Crippen LogP contribution is -2.28. The van der Waals surface area contributed by atoms with Gasteiger partial charge >= 0.3 is 6.03 Å². The van der Waals surface area contributed by atoms with E-state index in [-0.39, 0.29) is 6.03 Å². The molecule has 1 aliphatic rings. The number of urea groups is 1. The number of hydrogen-bond donors (Lipinski definition) is 2. The van der Waals surface area contributed by atoms with Gasteiger partial charge < -0.3 is 5.32 Å². The third-order valence-electron chi connectivity index (χ3n) is 3.46. The summed E-state index contributed by atoms with van der Waals surface area (Å²) in [6.07, 6.45) is 4.51. The molecule has 2 N–H and O–H groups in total. The van der Waals surface area contributed by atoms with E-state index in [1.165, 1.54) is 17.7 Å². The highest BCUT2D eigenvalue weighted by molar-refractivity contribution is 7.15. The van der Waals surface area contributed by atoms with Gasteiger partial charge in [0.25, 0.3) is 0 Å². The van der Waals surface area contributed by atoms with Gasteiger partial charge in [-0.05, 0) is 37.3 Å². The molecule has 3 rings (SSSR count). The molecular weight excluding hydrogens is 306 g/mol. The first-order chi connectivity index (χ1) is 10.2. The highest BCUT2D eigenvalue weighted by atomic mass is 35.5. The van der Waals surface area contributed by atoms with Crippen LogP contribution in [-0.2, 0) is 19.4 Å². The zero-order valence-corrected chi connectivity index (χ0v) is 13.1. The van der Waals surface area contributed by atoms with Gasteiger partial charge in [0.1, 0.15) is 0 Å². The van der Waals surface area contributed by atoms with Gasteiger partial charge in [-0.1, -0.05) is 29.8 Å². The number of carbonyl (C=O) groups excluding carboxylic acids is 1. The van der Waals surface area contributed by atoms with E-state index in [0.717, 1.165) is 24.1 Å². The number of hydrogen-bond acceptors (Lipinski definition) is 3. The van der Waals surface area contributed by atoms with E-state index >= 15 is 0 Å². The van der Waals surface area contributed by atoms with Crippen LogP contribution in [0.5, 0.6) is 0 Å². The topological polar surface area (TPSA) is 54.0 Å². The molecule has 1 aromatic carbocycles. The maximum Gasteiger partial charge on any atom is 0.321 e. The van der Waals surface area contributed by atoms with Gasteiger partial charge in [-0.2, -0.15) is 0 Å². The lowest BCUT2D eigenvalue weighted by molar-refractivity contribution is 0.251. The summed E-state index contributed by atoms with van der Waals surface area (Å²) in [5.41, 5.74) is 2.04. The molecule has 2 aromatic rings. The summed E-state index contributed by atoms with van der Waals surface area (Å²) < 4.78 is 0. The number of anilines is 1. The van der Waals surface area contributed by atoms with E-state index in [0.29, 0.717) is 16.7 Å². The van der Waals surface area contributed by atoms with Crippen LogP contribution >= 0.6 is 22.9 Å². The van der Waals surface area contributed by atoms with E-state index < -0.39 is 0 Å². The van der Waals surface area contributed by atoms with Crippen molar-refractivity contribution in [3.63, 3.8) is 0 Å². The van der Waals surface area contributed by atoms with Crippen molar-refractivity contribution in [3.8, 4) is 0 Å². The smallest absolute Gasteiger partial charge is 0.321 e. The second-order valence-electron chi connectivity index (χ2n) is 5.00. The lowest BCUT2D eigenvalue weighted by atomic mass is 10.0. The monoisotopic (exact) mass is 321 g/mol. The minimum atomic E-state index is -0.249. The molecule has 0 bridgehead atoms. The fourth-order valence-corrected chi connectivity index (χ4v) is 3.61. The Morgan fingerprint density at radius 1 is 1.29 bits per heavy atom. The van der Waals surface area contributed by atoms with Crippen LogP contribution in [0.4, 0.5) is 9.93 Å². The molecule has 0 fully saturated rings. The van der Waals surface area contributed by atoms with Gasteiger partial charge in [0.15, 0.2) is 5.13 Å². The van der Waals surface area contributed by atoms with Crippen LogP contribution < -0.4 is 10.6 Å². The molecule has 0 saturated heterocycles. The fourth-order valence-electron chi connectivity index (χ4n) is 2.36. The molecule has 6 heteroatoms. The number of thiazole rings is 1. The van der Waals surface area contributed by atoms with Crippen LogP contribution in [0, 0.1) is 0 Å². The minimum Gasteiger partial charge on any atom is -0.334 e. The Balaban J connectivity index is 1.57. The van der Waals surface area contributed by atoms with Crippen LogP contribution in [0.3, 0.4) is 0 Å². The van der Waals surface area contributed by atoms with E-state index in [1.54, 1.807) is 11.3 Å². The number of nitrogens with one attached hydrogen (secondary N) is 2. The fraction of sp³-hybridized carbons (Fsp3) is 0.333. The molecule has 0 unspecified atom stereocenters. The summed E-state index contributed by atoms with van der Waals surface area (Å²) in [5, 5.41) is 6.94. The van der Waals surface area contributed by atoms with Gasteiger partial charge in [0.2, 0.25) is 0 Å². The van der Waals surface area contributed by atoms with Crippen molar-refractivity contribution in [2.75, 3.05) is 5.32 Å². The zero-order valence-electron chi connectivity index (χ0n) is 11.5. The summed E-state index contributed by atoms with van der Waals surface area (Å²) in [6.45, 7) is 0.399. The third-order valence-corrected chi connectivity index (χ3v) is 4.90. The molecule has 0 atom stereocenters. The van der Waals surface area contributed by atoms with Crippen molar-refractivity contribution in [3.05, 3.63) is 45.4 Å². The molecular formula is C15H16ClN3OS. The van der Waals surface area contributed by atoms with E-state index in [4.69, 9.17) is 11.6 Å². The predicted octanol–water partition coefficient (Wildman–Crippen LogP) is 4.00. The minimum absolute atomic E-state index is 0.249. The standard InChI is InChI=1S/C15H16ClN3OS/c16-11-6-2-1-5-10(11)9-17-14(20)19-15-18-12-7-3-4-8-13(12)21-15/h1-2,5-6H,3-4,7-9H2,(H2,17,18,19,20). The molecule has 0 spiro atoms. The molecule has 110 valence electrons. The van der Waals surface area contributed by atoms with Crippen molar-refractivity contribution in [2.24, 2.45) is 0 Å². The zero-order chi connectivity index (χ0) is 14.7. The van der Waals surface area contributed by atoms with Crippen molar-refractivity contribution in [2.45, 2.75) is 32.2 Å². The normalized spacial score (nSPS) is 13.6. The van der Waals surface area contributed by atoms with Crippen molar-refractivity contribution >= 4 is 34.1 Å². The number of halogens is 1. The Morgan fingerprint density at radius 3 is 2.90 bits per heavy atom. The van der Waals surface area contributed by atoms with Crippen LogP contribution in [-0.4, -0.2) is 11.0 Å². The van der Waals surface area contributed by atoms with Crippen molar-refractivity contribution in [1.82, 2.24) is 10.3 Å². The van der Waals surface area contributed by atoms with Crippen LogP contribution in [0.25, 0.3) is 0 Å². The number of nitrogens with zero attached hydrogens (tertiary/aromatic N) is 1. The SMILES string of the molecule is O=C(NCc1ccccc1Cl)Nc1nc2c(s1)CCCC2. The number of carbonyl (C=O) groups is 1. The number of aryl methyl sites for hydroxylation is 2. The predicted molar refractivity (Wildman–Crippen MR) is 86.1 cm³/mol. The van der Waals surface area contributed by atoms with E-state index in [1.807, 2.05) is 24.3 Å². The summed E-state index contributed by atoms with van der Waals surface area (Å²) in [6, 6.07) is 7.22. The van der Waals surface area contributed by atoms with Crippen molar-refractivity contribution in [1.29, 1.82) is 0 Å². The van der Waals surface area contributed by atoms with Crippen LogP contribution in [0.2, 0.25) is 5.02 Å². The highest BCUT2D eigenvalue weighted by Crippen LogP contribution is 2.29. The van der Waals surface area contributed by atoms with Gasteiger partial charge in [0.05, 0.1) is 5.69 Å². The number of amides is 2. The highest BCUT2D eigenvalue weighted by Gasteiger charge is 2.16. The van der Waals surface area contributed by atoms with E-state index in [2.05, 4.69) is 15.6 Å². The first-order valence-corrected chi connectivity index (χ1v) is 8.18. The third kappa shape index (κ3) is 3.54. The summed E-state index contributed by atoms with van der Waals surface area (Å²) in [4.78, 5) is 17.7. The van der Waals surface area contributed by atoms with Gasteiger partial charge in [-0.15, -0.1) is 11.3 Å².